The molecule has 0 aromatic heterocycles. The van der Waals surface area contributed by atoms with Crippen molar-refractivity contribution in [2.75, 3.05) is 19.7 Å². The van der Waals surface area contributed by atoms with Crippen molar-refractivity contribution >= 4 is 6.09 Å². The number of amides is 1. The monoisotopic (exact) mass is 308 g/mol. The number of hydrogen-bond acceptors (Lipinski definition) is 3. The number of rotatable bonds is 6. The van der Waals surface area contributed by atoms with E-state index in [1.165, 1.54) is 6.07 Å². The molecule has 5 heteroatoms. The van der Waals surface area contributed by atoms with Crippen molar-refractivity contribution < 1.29 is 13.9 Å². The molecule has 0 aliphatic carbocycles. The quantitative estimate of drug-likeness (QED) is 0.820. The molecule has 0 bridgehead atoms. The fourth-order valence-corrected chi connectivity index (χ4v) is 2.70. The molecule has 0 radical (unpaired) electrons. The van der Waals surface area contributed by atoms with Crippen LogP contribution in [0.2, 0.25) is 0 Å². The second kappa shape index (κ2) is 8.73. The molecule has 1 atom stereocenters. The van der Waals surface area contributed by atoms with Gasteiger partial charge in [0.1, 0.15) is 5.82 Å². The predicted molar refractivity (Wildman–Crippen MR) is 84.1 cm³/mol. The van der Waals surface area contributed by atoms with Gasteiger partial charge in [-0.2, -0.15) is 0 Å². The van der Waals surface area contributed by atoms with E-state index in [2.05, 4.69) is 17.1 Å². The Kier molecular flexibility index (Phi) is 6.65. The van der Waals surface area contributed by atoms with E-state index in [4.69, 9.17) is 4.74 Å². The first kappa shape index (κ1) is 16.7. The molecule has 1 N–H and O–H groups in total. The van der Waals surface area contributed by atoms with Gasteiger partial charge in [0.25, 0.3) is 0 Å². The highest BCUT2D eigenvalue weighted by atomic mass is 19.1. The highest BCUT2D eigenvalue weighted by Gasteiger charge is 2.22. The first-order chi connectivity index (χ1) is 10.7. The summed E-state index contributed by atoms with van der Waals surface area (Å²) < 4.78 is 18.8. The predicted octanol–water partition coefficient (Wildman–Crippen LogP) is 3.32. The molecule has 22 heavy (non-hydrogen) atoms. The van der Waals surface area contributed by atoms with Crippen LogP contribution in [0.4, 0.5) is 9.18 Å². The smallest absolute Gasteiger partial charge is 0.407 e. The maximum absolute atomic E-state index is 13.7. The Morgan fingerprint density at radius 2 is 2.27 bits per heavy atom. The topological polar surface area (TPSA) is 41.6 Å². The Hall–Kier alpha value is -1.62. The third-order valence-electron chi connectivity index (χ3n) is 3.91. The van der Waals surface area contributed by atoms with Crippen LogP contribution in [0.5, 0.6) is 0 Å². The summed E-state index contributed by atoms with van der Waals surface area (Å²) in [6.07, 6.45) is 3.49. The summed E-state index contributed by atoms with van der Waals surface area (Å²) in [5.74, 6) is -0.170. The molecule has 0 spiro atoms. The average Bonchev–Trinajstić information content (AvgIpc) is 2.50. The van der Waals surface area contributed by atoms with Gasteiger partial charge in [-0.25, -0.2) is 9.18 Å². The Morgan fingerprint density at radius 1 is 1.45 bits per heavy atom. The lowest BCUT2D eigenvalue weighted by molar-refractivity contribution is 0.126. The number of ether oxygens (including phenoxy) is 1. The summed E-state index contributed by atoms with van der Waals surface area (Å²) in [6.45, 7) is 4.77. The number of benzene rings is 1. The van der Waals surface area contributed by atoms with Crippen LogP contribution in [0.25, 0.3) is 0 Å². The molecule has 1 amide bonds. The molecule has 1 aliphatic rings. The summed E-state index contributed by atoms with van der Waals surface area (Å²) in [6, 6.07) is 6.93. The summed E-state index contributed by atoms with van der Waals surface area (Å²) in [7, 11) is 0. The van der Waals surface area contributed by atoms with Crippen molar-refractivity contribution in [3.8, 4) is 0 Å². The zero-order valence-electron chi connectivity index (χ0n) is 13.2. The van der Waals surface area contributed by atoms with Gasteiger partial charge in [-0.05, 0) is 31.9 Å². The van der Waals surface area contributed by atoms with E-state index < -0.39 is 0 Å². The fourth-order valence-electron chi connectivity index (χ4n) is 2.70. The van der Waals surface area contributed by atoms with Crippen molar-refractivity contribution in [3.05, 3.63) is 35.6 Å². The van der Waals surface area contributed by atoms with Gasteiger partial charge < -0.3 is 10.1 Å². The molecule has 1 aromatic rings. The lowest BCUT2D eigenvalue weighted by atomic mass is 10.0. The zero-order valence-corrected chi connectivity index (χ0v) is 13.2. The van der Waals surface area contributed by atoms with Crippen molar-refractivity contribution in [1.82, 2.24) is 10.2 Å². The number of nitrogens with zero attached hydrogens (tertiary/aromatic N) is 1. The summed E-state index contributed by atoms with van der Waals surface area (Å²) in [5, 5.41) is 2.91. The minimum atomic E-state index is -0.341. The molecule has 122 valence electrons. The highest BCUT2D eigenvalue weighted by Crippen LogP contribution is 2.15. The SMILES string of the molecule is CCCCOC(=O)N[C@H]1CCCN(Cc2ccccc2F)C1. The van der Waals surface area contributed by atoms with Crippen molar-refractivity contribution in [3.63, 3.8) is 0 Å². The maximum atomic E-state index is 13.7. The molecule has 1 aromatic carbocycles. The van der Waals surface area contributed by atoms with Gasteiger partial charge in [-0.15, -0.1) is 0 Å². The van der Waals surface area contributed by atoms with E-state index in [9.17, 15) is 9.18 Å². The number of alkyl carbamates (subject to hydrolysis) is 1. The van der Waals surface area contributed by atoms with Crippen LogP contribution in [0.15, 0.2) is 24.3 Å². The van der Waals surface area contributed by atoms with Gasteiger partial charge in [-0.1, -0.05) is 31.5 Å². The van der Waals surface area contributed by atoms with E-state index in [-0.39, 0.29) is 18.0 Å². The number of piperidine rings is 1. The molecule has 1 heterocycles. The lowest BCUT2D eigenvalue weighted by Crippen LogP contribution is -2.47. The Bertz CT molecular complexity index is 481. The molecular weight excluding hydrogens is 283 g/mol. The molecule has 1 saturated heterocycles. The number of carbonyl (C=O) groups excluding carboxylic acids is 1. The van der Waals surface area contributed by atoms with Gasteiger partial charge in [0.15, 0.2) is 0 Å². The summed E-state index contributed by atoms with van der Waals surface area (Å²) in [4.78, 5) is 13.9. The van der Waals surface area contributed by atoms with E-state index in [0.717, 1.165) is 38.8 Å². The average molecular weight is 308 g/mol. The Labute approximate surface area is 131 Å². The van der Waals surface area contributed by atoms with Crippen molar-refractivity contribution in [2.45, 2.75) is 45.2 Å². The number of halogens is 1. The fraction of sp³-hybridized carbons (Fsp3) is 0.588. The van der Waals surface area contributed by atoms with Crippen molar-refractivity contribution in [1.29, 1.82) is 0 Å². The van der Waals surface area contributed by atoms with Crippen molar-refractivity contribution in [2.24, 2.45) is 0 Å². The molecule has 0 saturated carbocycles. The van der Waals surface area contributed by atoms with E-state index in [1.54, 1.807) is 6.07 Å². The largest absolute Gasteiger partial charge is 0.450 e. The number of unbranched alkanes of at least 4 members (excludes halogenated alkanes) is 1. The van der Waals surface area contributed by atoms with Gasteiger partial charge in [-0.3, -0.25) is 4.90 Å². The molecule has 1 aliphatic heterocycles. The van der Waals surface area contributed by atoms with Gasteiger partial charge in [0.05, 0.1) is 6.61 Å². The number of nitrogens with one attached hydrogen (secondary N) is 1. The Balaban J connectivity index is 1.79. The normalized spacial score (nSPS) is 18.9. The third-order valence-corrected chi connectivity index (χ3v) is 3.91. The van der Waals surface area contributed by atoms with Gasteiger partial charge >= 0.3 is 6.09 Å². The summed E-state index contributed by atoms with van der Waals surface area (Å²) >= 11 is 0. The molecule has 1 fully saturated rings. The Morgan fingerprint density at radius 3 is 3.05 bits per heavy atom. The number of carbonyl (C=O) groups is 1. The maximum Gasteiger partial charge on any atom is 0.407 e. The molecular formula is C17H25FN2O2. The lowest BCUT2D eigenvalue weighted by Gasteiger charge is -2.33. The molecule has 4 nitrogen and oxygen atoms in total. The van der Waals surface area contributed by atoms with E-state index in [1.807, 2.05) is 12.1 Å². The number of hydrogen-bond donors (Lipinski definition) is 1. The van der Waals surface area contributed by atoms with Crippen LogP contribution in [0, 0.1) is 5.82 Å². The molecule has 2 rings (SSSR count). The second-order valence-corrected chi connectivity index (χ2v) is 5.80. The zero-order chi connectivity index (χ0) is 15.8. The second-order valence-electron chi connectivity index (χ2n) is 5.80. The van der Waals surface area contributed by atoms with Crippen LogP contribution >= 0.6 is 0 Å². The minimum absolute atomic E-state index is 0.0784. The summed E-state index contributed by atoms with van der Waals surface area (Å²) in [5.41, 5.74) is 0.702. The van der Waals surface area contributed by atoms with Crippen LogP contribution < -0.4 is 5.32 Å². The van der Waals surface area contributed by atoms with E-state index in [0.29, 0.717) is 18.7 Å². The molecule has 0 unspecified atom stereocenters. The first-order valence-electron chi connectivity index (χ1n) is 8.08. The third kappa shape index (κ3) is 5.30. The van der Waals surface area contributed by atoms with Crippen LogP contribution in [-0.4, -0.2) is 36.7 Å². The first-order valence-corrected chi connectivity index (χ1v) is 8.08. The number of likely N-dealkylation sites (tertiary alicyclic amines) is 1. The van der Waals surface area contributed by atoms with Gasteiger partial charge in [0, 0.05) is 24.7 Å². The standard InChI is InChI=1S/C17H25FN2O2/c1-2-3-11-22-17(21)19-15-8-6-10-20(13-15)12-14-7-4-5-9-16(14)18/h4-5,7,9,15H,2-3,6,8,10-13H2,1H3,(H,19,21)/t15-/m0/s1. The van der Waals surface area contributed by atoms with Crippen LogP contribution in [-0.2, 0) is 11.3 Å². The highest BCUT2D eigenvalue weighted by molar-refractivity contribution is 5.67. The van der Waals surface area contributed by atoms with Crippen LogP contribution in [0.3, 0.4) is 0 Å². The minimum Gasteiger partial charge on any atom is -0.450 e. The van der Waals surface area contributed by atoms with Crippen LogP contribution in [0.1, 0.15) is 38.2 Å². The van der Waals surface area contributed by atoms with Gasteiger partial charge in [0.2, 0.25) is 0 Å². The van der Waals surface area contributed by atoms with E-state index >= 15 is 0 Å².